The Labute approximate surface area is 115 Å². The summed E-state index contributed by atoms with van der Waals surface area (Å²) in [6.07, 6.45) is 1.12. The molecule has 0 aliphatic carbocycles. The minimum Gasteiger partial charge on any atom is -0.425 e. The molecular weight excluding hydrogens is 252 g/mol. The Morgan fingerprint density at radius 1 is 0.850 bits per heavy atom. The molecule has 0 fully saturated rings. The Morgan fingerprint density at radius 2 is 1.40 bits per heavy atom. The topological polar surface area (TPSA) is 55.1 Å². The molecule has 0 bridgehead atoms. The highest BCUT2D eigenvalue weighted by Gasteiger charge is 2.14. The highest BCUT2D eigenvalue weighted by molar-refractivity contribution is 5.77. The van der Waals surface area contributed by atoms with Crippen LogP contribution in [0.1, 0.15) is 0 Å². The third-order valence-electron chi connectivity index (χ3n) is 3.04. The second kappa shape index (κ2) is 5.01. The number of nitrogens with zero attached hydrogens (tertiary/aromatic N) is 2. The van der Waals surface area contributed by atoms with Crippen LogP contribution in [0.3, 0.4) is 0 Å². The van der Waals surface area contributed by atoms with E-state index in [0.717, 1.165) is 17.3 Å². The third kappa shape index (κ3) is 2.07. The van der Waals surface area contributed by atoms with Gasteiger partial charge in [-0.3, -0.25) is 4.79 Å². The van der Waals surface area contributed by atoms with Crippen molar-refractivity contribution in [3.05, 3.63) is 77.2 Å². The number of rotatable bonds is 2. The monoisotopic (exact) mass is 264 g/mol. The summed E-state index contributed by atoms with van der Waals surface area (Å²) in [6.45, 7) is 0. The summed E-state index contributed by atoms with van der Waals surface area (Å²) >= 11 is 0. The summed E-state index contributed by atoms with van der Waals surface area (Å²) < 4.78 is 0.644. The lowest BCUT2D eigenvalue weighted by molar-refractivity contribution is 0.179. The van der Waals surface area contributed by atoms with Gasteiger partial charge in [-0.05, 0) is 0 Å². The number of benzene rings is 2. The molecule has 0 aliphatic rings. The van der Waals surface area contributed by atoms with Crippen molar-refractivity contribution < 1.29 is 5.21 Å². The molecule has 0 atom stereocenters. The first kappa shape index (κ1) is 12.2. The fourth-order valence-electron chi connectivity index (χ4n) is 2.11. The minimum absolute atomic E-state index is 0.393. The molecule has 0 saturated carbocycles. The highest BCUT2D eigenvalue weighted by Crippen LogP contribution is 2.28. The van der Waals surface area contributed by atoms with Crippen LogP contribution < -0.4 is 5.56 Å². The molecule has 0 saturated heterocycles. The number of hydrogen-bond donors (Lipinski definition) is 1. The maximum Gasteiger partial charge on any atom is 0.301 e. The summed E-state index contributed by atoms with van der Waals surface area (Å²) in [5.74, 6) is 0. The standard InChI is InChI=1S/C16H12N2O2/c19-14-11-17-15(12-7-3-1-4-8-12)16(18(14)20)13-9-5-2-6-10-13/h1-11,20H. The molecule has 0 unspecified atom stereocenters. The van der Waals surface area contributed by atoms with Crippen LogP contribution in [0.15, 0.2) is 71.7 Å². The molecule has 3 rings (SSSR count). The van der Waals surface area contributed by atoms with Crippen molar-refractivity contribution in [2.75, 3.05) is 0 Å². The Bertz CT molecular complexity index is 781. The van der Waals surface area contributed by atoms with Crippen LogP contribution in [0.2, 0.25) is 0 Å². The average molecular weight is 264 g/mol. The minimum atomic E-state index is -0.552. The van der Waals surface area contributed by atoms with Crippen LogP contribution in [0, 0.1) is 0 Å². The van der Waals surface area contributed by atoms with Gasteiger partial charge in [0.05, 0.1) is 11.9 Å². The molecule has 0 amide bonds. The first-order valence-corrected chi connectivity index (χ1v) is 6.19. The molecule has 4 nitrogen and oxygen atoms in total. The van der Waals surface area contributed by atoms with E-state index in [9.17, 15) is 10.0 Å². The van der Waals surface area contributed by atoms with E-state index in [1.54, 1.807) is 0 Å². The van der Waals surface area contributed by atoms with E-state index >= 15 is 0 Å². The highest BCUT2D eigenvalue weighted by atomic mass is 16.5. The van der Waals surface area contributed by atoms with Crippen LogP contribution >= 0.6 is 0 Å². The molecule has 3 aromatic rings. The summed E-state index contributed by atoms with van der Waals surface area (Å²) in [4.78, 5) is 15.8. The van der Waals surface area contributed by atoms with E-state index in [2.05, 4.69) is 4.98 Å². The van der Waals surface area contributed by atoms with E-state index in [1.807, 2.05) is 60.7 Å². The maximum absolute atomic E-state index is 11.6. The SMILES string of the molecule is O=c1cnc(-c2ccccc2)c(-c2ccccc2)n1O. The van der Waals surface area contributed by atoms with Crippen molar-refractivity contribution in [3.63, 3.8) is 0 Å². The van der Waals surface area contributed by atoms with E-state index < -0.39 is 5.56 Å². The van der Waals surface area contributed by atoms with Crippen LogP contribution in [0.25, 0.3) is 22.5 Å². The Hall–Kier alpha value is -2.88. The second-order valence-electron chi connectivity index (χ2n) is 4.34. The van der Waals surface area contributed by atoms with E-state index in [0.29, 0.717) is 16.1 Å². The van der Waals surface area contributed by atoms with Gasteiger partial charge >= 0.3 is 5.56 Å². The van der Waals surface area contributed by atoms with Crippen molar-refractivity contribution in [2.45, 2.75) is 0 Å². The van der Waals surface area contributed by atoms with Gasteiger partial charge in [-0.2, -0.15) is 0 Å². The molecule has 0 aliphatic heterocycles. The first-order valence-electron chi connectivity index (χ1n) is 6.19. The zero-order valence-corrected chi connectivity index (χ0v) is 10.6. The van der Waals surface area contributed by atoms with Gasteiger partial charge in [0.1, 0.15) is 5.69 Å². The summed E-state index contributed by atoms with van der Waals surface area (Å²) in [5, 5.41) is 10.1. The van der Waals surface area contributed by atoms with Crippen LogP contribution in [0.5, 0.6) is 0 Å². The molecule has 0 radical (unpaired) electrons. The van der Waals surface area contributed by atoms with Gasteiger partial charge in [-0.25, -0.2) is 4.98 Å². The third-order valence-corrected chi connectivity index (χ3v) is 3.04. The maximum atomic E-state index is 11.6. The molecule has 1 N–H and O–H groups in total. The lowest BCUT2D eigenvalue weighted by Gasteiger charge is -2.11. The van der Waals surface area contributed by atoms with E-state index in [1.165, 1.54) is 0 Å². The van der Waals surface area contributed by atoms with Gasteiger partial charge in [0.15, 0.2) is 0 Å². The van der Waals surface area contributed by atoms with Crippen LogP contribution in [-0.2, 0) is 0 Å². The fraction of sp³-hybridized carbons (Fsp3) is 0. The number of hydrogen-bond acceptors (Lipinski definition) is 3. The van der Waals surface area contributed by atoms with Gasteiger partial charge in [-0.1, -0.05) is 60.7 Å². The molecule has 4 heteroatoms. The normalized spacial score (nSPS) is 10.4. The van der Waals surface area contributed by atoms with E-state index in [4.69, 9.17) is 0 Å². The predicted octanol–water partition coefficient (Wildman–Crippen LogP) is 2.81. The molecule has 1 aromatic heterocycles. The van der Waals surface area contributed by atoms with Crippen LogP contribution in [0.4, 0.5) is 0 Å². The Morgan fingerprint density at radius 3 is 2.00 bits per heavy atom. The quantitative estimate of drug-likeness (QED) is 0.724. The van der Waals surface area contributed by atoms with Gasteiger partial charge in [0, 0.05) is 11.1 Å². The van der Waals surface area contributed by atoms with Gasteiger partial charge in [0.2, 0.25) is 0 Å². The smallest absolute Gasteiger partial charge is 0.301 e. The lowest BCUT2D eigenvalue weighted by Crippen LogP contribution is -2.20. The first-order chi connectivity index (χ1) is 9.77. The van der Waals surface area contributed by atoms with Crippen molar-refractivity contribution in [1.29, 1.82) is 0 Å². The second-order valence-corrected chi connectivity index (χ2v) is 4.34. The molecule has 98 valence electrons. The summed E-state index contributed by atoms with van der Waals surface area (Å²) in [5.41, 5.74) is 1.99. The fourth-order valence-corrected chi connectivity index (χ4v) is 2.11. The van der Waals surface area contributed by atoms with Crippen molar-refractivity contribution in [2.24, 2.45) is 0 Å². The lowest BCUT2D eigenvalue weighted by atomic mass is 10.0. The zero-order valence-electron chi connectivity index (χ0n) is 10.6. The molecule has 1 heterocycles. The molecular formula is C16H12N2O2. The van der Waals surface area contributed by atoms with Crippen molar-refractivity contribution in [1.82, 2.24) is 9.71 Å². The van der Waals surface area contributed by atoms with Crippen LogP contribution in [-0.4, -0.2) is 14.9 Å². The van der Waals surface area contributed by atoms with Gasteiger partial charge in [0.25, 0.3) is 0 Å². The zero-order chi connectivity index (χ0) is 13.9. The number of aromatic nitrogens is 2. The van der Waals surface area contributed by atoms with Gasteiger partial charge in [-0.15, -0.1) is 4.73 Å². The molecule has 20 heavy (non-hydrogen) atoms. The summed E-state index contributed by atoms with van der Waals surface area (Å²) in [7, 11) is 0. The molecule has 0 spiro atoms. The Kier molecular flexibility index (Phi) is 3.05. The predicted molar refractivity (Wildman–Crippen MR) is 76.6 cm³/mol. The Balaban J connectivity index is 2.32. The van der Waals surface area contributed by atoms with Gasteiger partial charge < -0.3 is 5.21 Å². The van der Waals surface area contributed by atoms with E-state index in [-0.39, 0.29) is 0 Å². The summed E-state index contributed by atoms with van der Waals surface area (Å²) in [6, 6.07) is 18.7. The van der Waals surface area contributed by atoms with Crippen molar-refractivity contribution >= 4 is 0 Å². The average Bonchev–Trinajstić information content (AvgIpc) is 2.51. The molecule has 2 aromatic carbocycles. The van der Waals surface area contributed by atoms with Crippen molar-refractivity contribution in [3.8, 4) is 22.5 Å². The largest absolute Gasteiger partial charge is 0.425 e.